The summed E-state index contributed by atoms with van der Waals surface area (Å²) in [4.78, 5) is 2.16. The minimum absolute atomic E-state index is 0.225. The molecule has 0 fully saturated rings. The molecule has 0 aromatic heterocycles. The number of aliphatic hydroxyl groups excluding tert-OH is 5. The molecule has 2 aromatic carbocycles. The second-order valence-electron chi connectivity index (χ2n) is 16.9. The first kappa shape index (κ1) is 40.7. The first-order valence-electron chi connectivity index (χ1n) is 16.0. The first-order valence-corrected chi connectivity index (χ1v) is 17.6. The molecule has 0 amide bonds. The highest BCUT2D eigenvalue weighted by Gasteiger charge is 2.34. The molecule has 0 heterocycles. The van der Waals surface area contributed by atoms with Crippen molar-refractivity contribution < 1.29 is 35.4 Å². The average Bonchev–Trinajstić information content (AvgIpc) is 2.88. The summed E-state index contributed by atoms with van der Waals surface area (Å²) in [5.41, 5.74) is 2.63. The molecule has 0 aliphatic carbocycles. The van der Waals surface area contributed by atoms with E-state index in [2.05, 4.69) is 121 Å². The van der Waals surface area contributed by atoms with Gasteiger partial charge in [-0.05, 0) is 59.8 Å². The predicted octanol–water partition coefficient (Wildman–Crippen LogP) is 7.02. The standard InChI is InChI=1S/C37H60O7S2/c1-33(2,3)23-15-21(16-24(29(23)41)34(4,5)6)45-37(13,14)46-22-17-25(35(7,8)9)32(26(18-22)36(10,11)12)44-20-28(40)31(43)30(42)27(39)19-38/h15-18,27-28,30-31,38-43H,19-20H2,1-14H3. The van der Waals surface area contributed by atoms with Crippen molar-refractivity contribution in [2.75, 3.05) is 13.2 Å². The van der Waals surface area contributed by atoms with Gasteiger partial charge in [0.1, 0.15) is 42.5 Å². The van der Waals surface area contributed by atoms with Crippen molar-refractivity contribution in [3.05, 3.63) is 46.5 Å². The molecule has 46 heavy (non-hydrogen) atoms. The SMILES string of the molecule is CC(C)(Sc1cc(C(C)(C)C)c(O)c(C(C)(C)C)c1)Sc1cc(C(C)(C)C)c(OCC(O)C(O)C(O)C(O)CO)c(C(C)(C)C)c1. The third kappa shape index (κ3) is 10.5. The predicted molar refractivity (Wildman–Crippen MR) is 192 cm³/mol. The largest absolute Gasteiger partial charge is 0.507 e. The van der Waals surface area contributed by atoms with Gasteiger partial charge in [0.25, 0.3) is 0 Å². The van der Waals surface area contributed by atoms with Crippen LogP contribution in [0.2, 0.25) is 0 Å². The van der Waals surface area contributed by atoms with Crippen molar-refractivity contribution in [3.63, 3.8) is 0 Å². The minimum Gasteiger partial charge on any atom is -0.507 e. The summed E-state index contributed by atoms with van der Waals surface area (Å²) >= 11 is 3.51. The maximum Gasteiger partial charge on any atom is 0.126 e. The second kappa shape index (κ2) is 14.6. The Hall–Kier alpha value is -1.46. The molecule has 0 aliphatic heterocycles. The molecule has 9 heteroatoms. The fraction of sp³-hybridized carbons (Fsp3) is 0.676. The molecule has 2 aromatic rings. The number of rotatable bonds is 11. The summed E-state index contributed by atoms with van der Waals surface area (Å²) in [5.74, 6) is 0.980. The number of aliphatic hydroxyl groups is 5. The molecule has 0 aliphatic rings. The van der Waals surface area contributed by atoms with Crippen molar-refractivity contribution in [2.45, 2.75) is 157 Å². The molecule has 2 rings (SSSR count). The first-order chi connectivity index (χ1) is 20.6. The Morgan fingerprint density at radius 2 is 0.891 bits per heavy atom. The maximum atomic E-state index is 11.2. The molecule has 0 radical (unpaired) electrons. The normalized spacial score (nSPS) is 16.2. The Balaban J connectivity index is 2.56. The number of benzene rings is 2. The van der Waals surface area contributed by atoms with Crippen molar-refractivity contribution in [1.29, 1.82) is 0 Å². The van der Waals surface area contributed by atoms with E-state index in [0.717, 1.165) is 32.0 Å². The minimum atomic E-state index is -1.72. The summed E-state index contributed by atoms with van der Waals surface area (Å²) < 4.78 is 5.95. The third-order valence-corrected chi connectivity index (χ3v) is 10.3. The monoisotopic (exact) mass is 680 g/mol. The number of phenolic OH excluding ortho intramolecular Hbond substituents is 1. The topological polar surface area (TPSA) is 131 Å². The van der Waals surface area contributed by atoms with Gasteiger partial charge in [-0.15, -0.1) is 23.5 Å². The molecular formula is C37H60O7S2. The quantitative estimate of drug-likeness (QED) is 0.110. The van der Waals surface area contributed by atoms with Crippen LogP contribution in [-0.4, -0.2) is 72.3 Å². The lowest BCUT2D eigenvalue weighted by Crippen LogP contribution is -2.47. The summed E-state index contributed by atoms with van der Waals surface area (Å²) in [6, 6.07) is 8.49. The van der Waals surface area contributed by atoms with Gasteiger partial charge in [0, 0.05) is 32.0 Å². The van der Waals surface area contributed by atoms with Crippen LogP contribution in [0.1, 0.15) is 119 Å². The molecule has 0 spiro atoms. The summed E-state index contributed by atoms with van der Waals surface area (Å²) in [7, 11) is 0. The van der Waals surface area contributed by atoms with E-state index in [4.69, 9.17) is 9.84 Å². The van der Waals surface area contributed by atoms with E-state index in [1.165, 1.54) is 0 Å². The molecule has 6 N–H and O–H groups in total. The third-order valence-electron chi connectivity index (χ3n) is 7.83. The van der Waals surface area contributed by atoms with Crippen molar-refractivity contribution in [2.24, 2.45) is 0 Å². The van der Waals surface area contributed by atoms with Gasteiger partial charge in [-0.25, -0.2) is 0 Å². The zero-order chi connectivity index (χ0) is 35.8. The highest BCUT2D eigenvalue weighted by atomic mass is 32.2. The molecule has 4 unspecified atom stereocenters. The number of thioether (sulfide) groups is 2. The van der Waals surface area contributed by atoms with Crippen LogP contribution in [0, 0.1) is 0 Å². The van der Waals surface area contributed by atoms with Crippen LogP contribution in [0.15, 0.2) is 34.1 Å². The van der Waals surface area contributed by atoms with Crippen LogP contribution in [0.3, 0.4) is 0 Å². The molecule has 4 atom stereocenters. The van der Waals surface area contributed by atoms with E-state index in [0.29, 0.717) is 11.5 Å². The smallest absolute Gasteiger partial charge is 0.126 e. The van der Waals surface area contributed by atoms with Crippen LogP contribution >= 0.6 is 23.5 Å². The lowest BCUT2D eigenvalue weighted by Gasteiger charge is -2.33. The Morgan fingerprint density at radius 3 is 1.22 bits per heavy atom. The summed E-state index contributed by atoms with van der Waals surface area (Å²) in [6.45, 7) is 28.6. The van der Waals surface area contributed by atoms with Crippen LogP contribution in [0.25, 0.3) is 0 Å². The average molecular weight is 681 g/mol. The molecule has 262 valence electrons. The zero-order valence-electron chi connectivity index (χ0n) is 30.4. The van der Waals surface area contributed by atoms with Gasteiger partial charge in [-0.1, -0.05) is 83.1 Å². The molecule has 7 nitrogen and oxygen atoms in total. The maximum absolute atomic E-state index is 11.2. The fourth-order valence-corrected chi connectivity index (χ4v) is 7.75. The van der Waals surface area contributed by atoms with E-state index in [-0.39, 0.29) is 32.3 Å². The van der Waals surface area contributed by atoms with E-state index in [1.54, 1.807) is 23.5 Å². The van der Waals surface area contributed by atoms with Gasteiger partial charge in [-0.2, -0.15) is 0 Å². The van der Waals surface area contributed by atoms with Gasteiger partial charge < -0.3 is 35.4 Å². The highest BCUT2D eigenvalue weighted by molar-refractivity contribution is 8.18. The number of hydrogen-bond donors (Lipinski definition) is 6. The Bertz CT molecular complexity index is 1260. The Kier molecular flexibility index (Phi) is 12.9. The molecule has 0 bridgehead atoms. The highest BCUT2D eigenvalue weighted by Crippen LogP contribution is 2.51. The molecule has 0 saturated carbocycles. The summed E-state index contributed by atoms with van der Waals surface area (Å²) in [6.07, 6.45) is -6.51. The Morgan fingerprint density at radius 1 is 0.565 bits per heavy atom. The van der Waals surface area contributed by atoms with E-state index >= 15 is 0 Å². The zero-order valence-corrected chi connectivity index (χ0v) is 32.1. The number of hydrogen-bond acceptors (Lipinski definition) is 9. The Labute approximate surface area is 286 Å². The van der Waals surface area contributed by atoms with Crippen molar-refractivity contribution in [3.8, 4) is 11.5 Å². The van der Waals surface area contributed by atoms with E-state index < -0.39 is 31.0 Å². The van der Waals surface area contributed by atoms with E-state index in [1.807, 2.05) is 0 Å². The van der Waals surface area contributed by atoms with Crippen molar-refractivity contribution >= 4 is 23.5 Å². The van der Waals surface area contributed by atoms with Crippen LogP contribution < -0.4 is 4.74 Å². The van der Waals surface area contributed by atoms with Gasteiger partial charge in [-0.3, -0.25) is 0 Å². The van der Waals surface area contributed by atoms with Gasteiger partial charge in [0.2, 0.25) is 0 Å². The number of phenols is 1. The molecular weight excluding hydrogens is 621 g/mol. The van der Waals surface area contributed by atoms with Gasteiger partial charge in [0.05, 0.1) is 10.7 Å². The van der Waals surface area contributed by atoms with Gasteiger partial charge in [0.15, 0.2) is 0 Å². The lowest BCUT2D eigenvalue weighted by molar-refractivity contribution is -0.121. The number of ether oxygens (including phenoxy) is 1. The van der Waals surface area contributed by atoms with Gasteiger partial charge >= 0.3 is 0 Å². The fourth-order valence-electron chi connectivity index (χ4n) is 5.16. The number of aromatic hydroxyl groups is 1. The van der Waals surface area contributed by atoms with Crippen LogP contribution in [0.4, 0.5) is 0 Å². The van der Waals surface area contributed by atoms with Crippen LogP contribution in [-0.2, 0) is 21.7 Å². The van der Waals surface area contributed by atoms with Crippen molar-refractivity contribution in [1.82, 2.24) is 0 Å². The summed E-state index contributed by atoms with van der Waals surface area (Å²) in [5, 5.41) is 61.2. The molecule has 0 saturated heterocycles. The van der Waals surface area contributed by atoms with Crippen LogP contribution in [0.5, 0.6) is 11.5 Å². The lowest BCUT2D eigenvalue weighted by atomic mass is 9.79. The second-order valence-corrected chi connectivity index (χ2v) is 20.6. The van der Waals surface area contributed by atoms with E-state index in [9.17, 15) is 25.5 Å².